The zero-order valence-electron chi connectivity index (χ0n) is 7.10. The van der Waals surface area contributed by atoms with Crippen LogP contribution < -0.4 is 4.74 Å². The molecule has 1 rings (SSSR count). The van der Waals surface area contributed by atoms with E-state index in [9.17, 15) is 4.91 Å². The minimum atomic E-state index is 0.402. The summed E-state index contributed by atoms with van der Waals surface area (Å²) in [7, 11) is 1.57. The lowest BCUT2D eigenvalue weighted by atomic mass is 10.2. The van der Waals surface area contributed by atoms with E-state index in [0.29, 0.717) is 15.9 Å². The highest BCUT2D eigenvalue weighted by Crippen LogP contribution is 2.40. The fourth-order valence-corrected chi connectivity index (χ4v) is 2.38. The van der Waals surface area contributed by atoms with Gasteiger partial charge in [-0.1, -0.05) is 0 Å². The first-order chi connectivity index (χ1) is 6.11. The number of nitrogens with zero attached hydrogens (tertiary/aromatic N) is 1. The van der Waals surface area contributed by atoms with E-state index in [1.807, 2.05) is 0 Å². The molecule has 0 saturated carbocycles. The summed E-state index contributed by atoms with van der Waals surface area (Å²) in [5.41, 5.74) is 1.18. The first-order valence-electron chi connectivity index (χ1n) is 3.47. The highest BCUT2D eigenvalue weighted by molar-refractivity contribution is 9.11. The number of halogens is 2. The topological polar surface area (TPSA) is 38.7 Å². The zero-order chi connectivity index (χ0) is 10.0. The molecule has 70 valence electrons. The smallest absolute Gasteiger partial charge is 0.147 e. The Balaban J connectivity index is 3.45. The van der Waals surface area contributed by atoms with Crippen LogP contribution in [0.3, 0.4) is 0 Å². The molecule has 3 nitrogen and oxygen atoms in total. The van der Waals surface area contributed by atoms with Crippen LogP contribution in [0.4, 0.5) is 5.69 Å². The van der Waals surface area contributed by atoms with Gasteiger partial charge in [0.25, 0.3) is 0 Å². The molecule has 1 aromatic carbocycles. The van der Waals surface area contributed by atoms with Crippen LogP contribution in [0.15, 0.2) is 20.2 Å². The Morgan fingerprint density at radius 3 is 2.54 bits per heavy atom. The summed E-state index contributed by atoms with van der Waals surface area (Å²) in [6.45, 7) is 1.80. The number of rotatable bonds is 2. The largest absolute Gasteiger partial charge is 0.494 e. The van der Waals surface area contributed by atoms with Crippen molar-refractivity contribution < 1.29 is 4.74 Å². The van der Waals surface area contributed by atoms with Crippen molar-refractivity contribution in [2.45, 2.75) is 6.92 Å². The molecule has 13 heavy (non-hydrogen) atoms. The van der Waals surface area contributed by atoms with Gasteiger partial charge < -0.3 is 4.74 Å². The molecular weight excluding hydrogens is 302 g/mol. The van der Waals surface area contributed by atoms with Gasteiger partial charge in [0, 0.05) is 0 Å². The van der Waals surface area contributed by atoms with Gasteiger partial charge in [0.2, 0.25) is 0 Å². The van der Waals surface area contributed by atoms with Gasteiger partial charge in [-0.2, -0.15) is 0 Å². The molecule has 1 aromatic rings. The summed E-state index contributed by atoms with van der Waals surface area (Å²) in [4.78, 5) is 10.4. The fraction of sp³-hybridized carbons (Fsp3) is 0.250. The lowest BCUT2D eigenvalue weighted by Gasteiger charge is -2.09. The normalized spacial score (nSPS) is 9.85. The molecular formula is C8H7Br2NO2. The lowest BCUT2D eigenvalue weighted by molar-refractivity contribution is 0.409. The maximum absolute atomic E-state index is 10.4. The first-order valence-corrected chi connectivity index (χ1v) is 5.06. The van der Waals surface area contributed by atoms with Crippen molar-refractivity contribution in [2.75, 3.05) is 7.11 Å². The third kappa shape index (κ3) is 1.91. The third-order valence-electron chi connectivity index (χ3n) is 1.70. The molecule has 0 bridgehead atoms. The lowest BCUT2D eigenvalue weighted by Crippen LogP contribution is -1.88. The Bertz CT molecular complexity index is 352. The molecule has 5 heteroatoms. The first kappa shape index (κ1) is 10.7. The predicted octanol–water partition coefficient (Wildman–Crippen LogP) is 3.93. The molecule has 0 unspecified atom stereocenters. The number of ether oxygens (including phenoxy) is 1. The van der Waals surface area contributed by atoms with Crippen molar-refractivity contribution >= 4 is 37.5 Å². The summed E-state index contributed by atoms with van der Waals surface area (Å²) < 4.78 is 6.58. The maximum atomic E-state index is 10.4. The van der Waals surface area contributed by atoms with Crippen LogP contribution in [0.2, 0.25) is 0 Å². The molecule has 0 aliphatic carbocycles. The molecule has 0 spiro atoms. The zero-order valence-corrected chi connectivity index (χ0v) is 10.3. The van der Waals surface area contributed by atoms with Crippen molar-refractivity contribution in [3.05, 3.63) is 25.5 Å². The molecule has 0 aliphatic rings. The number of nitroso groups, excluding NO2 is 1. The number of benzene rings is 1. The van der Waals surface area contributed by atoms with E-state index >= 15 is 0 Å². The second-order valence-electron chi connectivity index (χ2n) is 2.44. The van der Waals surface area contributed by atoms with Crippen molar-refractivity contribution in [3.63, 3.8) is 0 Å². The van der Waals surface area contributed by atoms with Gasteiger partial charge in [-0.25, -0.2) is 0 Å². The van der Waals surface area contributed by atoms with Gasteiger partial charge in [-0.3, -0.25) is 0 Å². The Hall–Kier alpha value is -0.420. The van der Waals surface area contributed by atoms with Gasteiger partial charge in [-0.05, 0) is 55.6 Å². The van der Waals surface area contributed by atoms with Crippen molar-refractivity contribution in [1.29, 1.82) is 0 Å². The monoisotopic (exact) mass is 307 g/mol. The molecule has 0 amide bonds. The van der Waals surface area contributed by atoms with E-state index < -0.39 is 0 Å². The molecule has 0 atom stereocenters. The van der Waals surface area contributed by atoms with E-state index in [1.165, 1.54) is 0 Å². The van der Waals surface area contributed by atoms with Crippen molar-refractivity contribution in [2.24, 2.45) is 5.18 Å². The molecule has 0 saturated heterocycles. The van der Waals surface area contributed by atoms with Crippen LogP contribution in [0.25, 0.3) is 0 Å². The van der Waals surface area contributed by atoms with Crippen LogP contribution >= 0.6 is 31.9 Å². The standard InChI is InChI=1S/C8H7Br2NO2/c1-4-6(11-12)3-5(9)8(13-2)7(4)10/h3H,1-2H3. The summed E-state index contributed by atoms with van der Waals surface area (Å²) in [6.07, 6.45) is 0. The summed E-state index contributed by atoms with van der Waals surface area (Å²) in [5, 5.41) is 2.90. The molecule has 0 radical (unpaired) electrons. The third-order valence-corrected chi connectivity index (χ3v) is 3.24. The molecule has 0 aliphatic heterocycles. The van der Waals surface area contributed by atoms with E-state index in [4.69, 9.17) is 4.74 Å². The van der Waals surface area contributed by atoms with Crippen molar-refractivity contribution in [3.8, 4) is 5.75 Å². The second kappa shape index (κ2) is 4.19. The van der Waals surface area contributed by atoms with E-state index in [2.05, 4.69) is 37.0 Å². The van der Waals surface area contributed by atoms with Gasteiger partial charge in [-0.15, -0.1) is 4.91 Å². The SMILES string of the molecule is COc1c(Br)cc(N=O)c(C)c1Br. The number of hydrogen-bond acceptors (Lipinski definition) is 3. The average Bonchev–Trinajstić information content (AvgIpc) is 2.12. The Morgan fingerprint density at radius 2 is 2.08 bits per heavy atom. The Morgan fingerprint density at radius 1 is 1.46 bits per heavy atom. The Labute approximate surface area is 92.7 Å². The minimum absolute atomic E-state index is 0.402. The Kier molecular flexibility index (Phi) is 3.44. The van der Waals surface area contributed by atoms with Crippen LogP contribution in [-0.2, 0) is 0 Å². The quantitative estimate of drug-likeness (QED) is 0.777. The van der Waals surface area contributed by atoms with E-state index in [-0.39, 0.29) is 0 Å². The van der Waals surface area contributed by atoms with E-state index in [0.717, 1.165) is 10.0 Å². The van der Waals surface area contributed by atoms with Crippen molar-refractivity contribution in [1.82, 2.24) is 0 Å². The van der Waals surface area contributed by atoms with Crippen LogP contribution in [0.1, 0.15) is 5.56 Å². The van der Waals surface area contributed by atoms with Crippen LogP contribution in [0, 0.1) is 11.8 Å². The second-order valence-corrected chi connectivity index (χ2v) is 4.09. The molecule has 0 heterocycles. The van der Waals surface area contributed by atoms with E-state index in [1.54, 1.807) is 20.1 Å². The molecule has 0 N–H and O–H groups in total. The van der Waals surface area contributed by atoms with Crippen LogP contribution in [0.5, 0.6) is 5.75 Å². The number of hydrogen-bond donors (Lipinski definition) is 0. The molecule has 0 aromatic heterocycles. The van der Waals surface area contributed by atoms with Gasteiger partial charge in [0.1, 0.15) is 11.4 Å². The maximum Gasteiger partial charge on any atom is 0.147 e. The predicted molar refractivity (Wildman–Crippen MR) is 58.6 cm³/mol. The highest BCUT2D eigenvalue weighted by atomic mass is 79.9. The minimum Gasteiger partial charge on any atom is -0.494 e. The summed E-state index contributed by atoms with van der Waals surface area (Å²) in [5.74, 6) is 0.671. The average molecular weight is 309 g/mol. The summed E-state index contributed by atoms with van der Waals surface area (Å²) >= 11 is 6.61. The van der Waals surface area contributed by atoms with Crippen LogP contribution in [-0.4, -0.2) is 7.11 Å². The van der Waals surface area contributed by atoms with Gasteiger partial charge in [0.05, 0.1) is 16.1 Å². The fourth-order valence-electron chi connectivity index (χ4n) is 0.963. The molecule has 0 fully saturated rings. The summed E-state index contributed by atoms with van der Waals surface area (Å²) in [6, 6.07) is 1.63. The van der Waals surface area contributed by atoms with Gasteiger partial charge >= 0.3 is 0 Å². The van der Waals surface area contributed by atoms with Gasteiger partial charge in [0.15, 0.2) is 0 Å². The highest BCUT2D eigenvalue weighted by Gasteiger charge is 2.12. The number of methoxy groups -OCH3 is 1.